The van der Waals surface area contributed by atoms with Crippen LogP contribution >= 0.6 is 0 Å². The van der Waals surface area contributed by atoms with Crippen molar-refractivity contribution in [2.75, 3.05) is 19.6 Å². The summed E-state index contributed by atoms with van der Waals surface area (Å²) in [5.41, 5.74) is 0. The molecule has 5 heteroatoms. The van der Waals surface area contributed by atoms with Crippen molar-refractivity contribution in [3.05, 3.63) is 0 Å². The minimum atomic E-state index is -0.711. The zero-order chi connectivity index (χ0) is 12.3. The lowest BCUT2D eigenvalue weighted by atomic mass is 9.95. The van der Waals surface area contributed by atoms with E-state index in [-0.39, 0.29) is 12.5 Å². The molecule has 0 aromatic carbocycles. The molecule has 2 unspecified atom stereocenters. The zero-order valence-electron chi connectivity index (χ0n) is 10.1. The fourth-order valence-corrected chi connectivity index (χ4v) is 2.70. The molecule has 0 radical (unpaired) electrons. The predicted octanol–water partition coefficient (Wildman–Crippen LogP) is -0.527. The summed E-state index contributed by atoms with van der Waals surface area (Å²) in [6, 6.07) is 0.327. The highest BCUT2D eigenvalue weighted by Crippen LogP contribution is 2.17. The van der Waals surface area contributed by atoms with E-state index < -0.39 is 12.2 Å². The average Bonchev–Trinajstić information content (AvgIpc) is 2.59. The number of carbonyl (C=O) groups is 1. The quantitative estimate of drug-likeness (QED) is 0.622. The van der Waals surface area contributed by atoms with Gasteiger partial charge in [0.05, 0.1) is 18.8 Å². The minimum Gasteiger partial charge on any atom is -0.389 e. The molecule has 1 saturated carbocycles. The van der Waals surface area contributed by atoms with Crippen LogP contribution in [0.25, 0.3) is 0 Å². The summed E-state index contributed by atoms with van der Waals surface area (Å²) in [4.78, 5) is 13.6. The molecule has 1 saturated heterocycles. The number of hydrogen-bond donors (Lipinski definition) is 3. The number of likely N-dealkylation sites (tertiary alicyclic amines) is 1. The zero-order valence-corrected chi connectivity index (χ0v) is 10.1. The van der Waals surface area contributed by atoms with Crippen molar-refractivity contribution in [2.45, 2.75) is 50.4 Å². The second kappa shape index (κ2) is 5.80. The van der Waals surface area contributed by atoms with Crippen molar-refractivity contribution < 1.29 is 15.0 Å². The van der Waals surface area contributed by atoms with E-state index in [0.717, 1.165) is 12.8 Å². The Labute approximate surface area is 102 Å². The SMILES string of the molecule is O=C(CN1CC(O)C(O)C1)NC1CCCCC1. The van der Waals surface area contributed by atoms with Gasteiger partial charge >= 0.3 is 0 Å². The summed E-state index contributed by atoms with van der Waals surface area (Å²) in [5, 5.41) is 21.8. The van der Waals surface area contributed by atoms with Crippen LogP contribution in [0.4, 0.5) is 0 Å². The molecule has 1 aliphatic carbocycles. The Morgan fingerprint density at radius 2 is 1.71 bits per heavy atom. The van der Waals surface area contributed by atoms with Gasteiger partial charge < -0.3 is 15.5 Å². The standard InChI is InChI=1S/C12H22N2O3/c15-10-6-14(7-11(10)16)8-12(17)13-9-4-2-1-3-5-9/h9-11,15-16H,1-8H2,(H,13,17). The van der Waals surface area contributed by atoms with E-state index in [9.17, 15) is 15.0 Å². The van der Waals surface area contributed by atoms with E-state index >= 15 is 0 Å². The van der Waals surface area contributed by atoms with Gasteiger partial charge in [-0.25, -0.2) is 0 Å². The molecule has 98 valence electrons. The van der Waals surface area contributed by atoms with Crippen LogP contribution in [-0.4, -0.2) is 58.9 Å². The molecule has 2 atom stereocenters. The highest BCUT2D eigenvalue weighted by molar-refractivity contribution is 5.78. The normalized spacial score (nSPS) is 31.6. The molecule has 0 spiro atoms. The van der Waals surface area contributed by atoms with Crippen molar-refractivity contribution in [1.29, 1.82) is 0 Å². The first-order chi connectivity index (χ1) is 8.15. The van der Waals surface area contributed by atoms with Crippen molar-refractivity contribution in [1.82, 2.24) is 10.2 Å². The summed E-state index contributed by atoms with van der Waals surface area (Å²) < 4.78 is 0. The molecule has 2 fully saturated rings. The number of aliphatic hydroxyl groups excluding tert-OH is 2. The molecular formula is C12H22N2O3. The van der Waals surface area contributed by atoms with E-state index in [2.05, 4.69) is 5.32 Å². The van der Waals surface area contributed by atoms with Gasteiger partial charge in [0, 0.05) is 19.1 Å². The molecule has 2 aliphatic rings. The van der Waals surface area contributed by atoms with Gasteiger partial charge in [-0.05, 0) is 12.8 Å². The predicted molar refractivity (Wildman–Crippen MR) is 63.5 cm³/mol. The first kappa shape index (κ1) is 12.8. The lowest BCUT2D eigenvalue weighted by Crippen LogP contribution is -2.42. The Bertz CT molecular complexity index is 256. The fourth-order valence-electron chi connectivity index (χ4n) is 2.70. The van der Waals surface area contributed by atoms with Crippen LogP contribution in [0.15, 0.2) is 0 Å². The van der Waals surface area contributed by atoms with Crippen molar-refractivity contribution >= 4 is 5.91 Å². The molecule has 3 N–H and O–H groups in total. The Kier molecular flexibility index (Phi) is 4.36. The molecular weight excluding hydrogens is 220 g/mol. The monoisotopic (exact) mass is 242 g/mol. The van der Waals surface area contributed by atoms with E-state index in [4.69, 9.17) is 0 Å². The lowest BCUT2D eigenvalue weighted by Gasteiger charge is -2.24. The molecule has 2 rings (SSSR count). The van der Waals surface area contributed by atoms with E-state index in [0.29, 0.717) is 19.1 Å². The van der Waals surface area contributed by atoms with Gasteiger partial charge in [0.1, 0.15) is 0 Å². The third kappa shape index (κ3) is 3.66. The maximum absolute atomic E-state index is 11.8. The van der Waals surface area contributed by atoms with Crippen molar-refractivity contribution in [3.8, 4) is 0 Å². The fraction of sp³-hybridized carbons (Fsp3) is 0.917. The van der Waals surface area contributed by atoms with E-state index in [1.54, 1.807) is 4.90 Å². The summed E-state index contributed by atoms with van der Waals surface area (Å²) in [6.07, 6.45) is 4.42. The molecule has 0 aromatic heterocycles. The summed E-state index contributed by atoms with van der Waals surface area (Å²) in [6.45, 7) is 1.06. The Morgan fingerprint density at radius 3 is 2.29 bits per heavy atom. The summed E-state index contributed by atoms with van der Waals surface area (Å²) >= 11 is 0. The second-order valence-corrected chi connectivity index (χ2v) is 5.23. The van der Waals surface area contributed by atoms with Crippen molar-refractivity contribution in [2.24, 2.45) is 0 Å². The van der Waals surface area contributed by atoms with Crippen LogP contribution in [0, 0.1) is 0 Å². The Hall–Kier alpha value is -0.650. The number of nitrogens with zero attached hydrogens (tertiary/aromatic N) is 1. The number of amides is 1. The van der Waals surface area contributed by atoms with Crippen molar-refractivity contribution in [3.63, 3.8) is 0 Å². The number of hydrogen-bond acceptors (Lipinski definition) is 4. The van der Waals surface area contributed by atoms with Gasteiger partial charge in [-0.3, -0.25) is 9.69 Å². The maximum Gasteiger partial charge on any atom is 0.234 e. The van der Waals surface area contributed by atoms with Crippen LogP contribution in [0.1, 0.15) is 32.1 Å². The van der Waals surface area contributed by atoms with Gasteiger partial charge in [-0.1, -0.05) is 19.3 Å². The first-order valence-corrected chi connectivity index (χ1v) is 6.53. The number of nitrogens with one attached hydrogen (secondary N) is 1. The number of aliphatic hydroxyl groups is 2. The highest BCUT2D eigenvalue weighted by Gasteiger charge is 2.30. The maximum atomic E-state index is 11.8. The van der Waals surface area contributed by atoms with Crippen LogP contribution in [-0.2, 0) is 4.79 Å². The van der Waals surface area contributed by atoms with E-state index in [1.165, 1.54) is 19.3 Å². The Morgan fingerprint density at radius 1 is 1.12 bits per heavy atom. The molecule has 1 aliphatic heterocycles. The molecule has 17 heavy (non-hydrogen) atoms. The summed E-state index contributed by atoms with van der Waals surface area (Å²) in [7, 11) is 0. The van der Waals surface area contributed by atoms with Gasteiger partial charge in [-0.2, -0.15) is 0 Å². The lowest BCUT2D eigenvalue weighted by molar-refractivity contribution is -0.123. The summed E-state index contributed by atoms with van der Waals surface area (Å²) in [5.74, 6) is 0.0122. The third-order valence-corrected chi connectivity index (χ3v) is 3.67. The topological polar surface area (TPSA) is 72.8 Å². The third-order valence-electron chi connectivity index (χ3n) is 3.67. The van der Waals surface area contributed by atoms with Crippen LogP contribution in [0.3, 0.4) is 0 Å². The highest BCUT2D eigenvalue weighted by atomic mass is 16.3. The van der Waals surface area contributed by atoms with Gasteiger partial charge in [0.15, 0.2) is 0 Å². The molecule has 0 bridgehead atoms. The second-order valence-electron chi connectivity index (χ2n) is 5.23. The molecule has 5 nitrogen and oxygen atoms in total. The van der Waals surface area contributed by atoms with Gasteiger partial charge in [0.2, 0.25) is 5.91 Å². The van der Waals surface area contributed by atoms with E-state index in [1.807, 2.05) is 0 Å². The van der Waals surface area contributed by atoms with Crippen LogP contribution in [0.2, 0.25) is 0 Å². The minimum absolute atomic E-state index is 0.0122. The number of rotatable bonds is 3. The first-order valence-electron chi connectivity index (χ1n) is 6.53. The average molecular weight is 242 g/mol. The van der Waals surface area contributed by atoms with Crippen LogP contribution in [0.5, 0.6) is 0 Å². The smallest absolute Gasteiger partial charge is 0.234 e. The number of carbonyl (C=O) groups excluding carboxylic acids is 1. The molecule has 1 amide bonds. The largest absolute Gasteiger partial charge is 0.389 e. The molecule has 0 aromatic rings. The number of β-amino-alcohol motifs (C(OH)–C–C–N with tert-alkyl or cyclic N) is 2. The molecule has 1 heterocycles. The van der Waals surface area contributed by atoms with Gasteiger partial charge in [0.25, 0.3) is 0 Å². The van der Waals surface area contributed by atoms with Gasteiger partial charge in [-0.15, -0.1) is 0 Å². The van der Waals surface area contributed by atoms with Crippen LogP contribution < -0.4 is 5.32 Å². The Balaban J connectivity index is 1.70.